The standard InChI is InChI=1S/C15H18BrNO/c1-2-3-4-5-9-14(18)11-10-17-13-8-6-7-12(16)15(11)13/h6-8,10,17H,2-5,9H2,1H3. The highest BCUT2D eigenvalue weighted by Crippen LogP contribution is 2.28. The van der Waals surface area contributed by atoms with E-state index in [1.165, 1.54) is 12.8 Å². The molecule has 96 valence electrons. The van der Waals surface area contributed by atoms with Gasteiger partial charge in [-0.05, 0) is 18.6 Å². The van der Waals surface area contributed by atoms with Gasteiger partial charge in [-0.3, -0.25) is 4.79 Å². The van der Waals surface area contributed by atoms with E-state index in [1.54, 1.807) is 0 Å². The van der Waals surface area contributed by atoms with Crippen molar-refractivity contribution in [2.45, 2.75) is 39.0 Å². The minimum atomic E-state index is 0.240. The fourth-order valence-electron chi connectivity index (χ4n) is 2.21. The Bertz CT molecular complexity index is 544. The number of aromatic amines is 1. The molecule has 0 amide bonds. The number of ketones is 1. The lowest BCUT2D eigenvalue weighted by Crippen LogP contribution is -1.98. The molecule has 1 aromatic heterocycles. The summed E-state index contributed by atoms with van der Waals surface area (Å²) in [7, 11) is 0. The number of benzene rings is 1. The third-order valence-electron chi connectivity index (χ3n) is 3.21. The molecule has 0 unspecified atom stereocenters. The number of hydrogen-bond donors (Lipinski definition) is 1. The number of hydrogen-bond acceptors (Lipinski definition) is 1. The van der Waals surface area contributed by atoms with Crippen LogP contribution in [0.5, 0.6) is 0 Å². The molecule has 3 heteroatoms. The van der Waals surface area contributed by atoms with Crippen molar-refractivity contribution in [3.63, 3.8) is 0 Å². The van der Waals surface area contributed by atoms with Crippen LogP contribution in [-0.4, -0.2) is 10.8 Å². The number of H-pyrrole nitrogens is 1. The van der Waals surface area contributed by atoms with Crippen LogP contribution >= 0.6 is 15.9 Å². The Labute approximate surface area is 116 Å². The van der Waals surface area contributed by atoms with Crippen molar-refractivity contribution in [2.24, 2.45) is 0 Å². The molecule has 0 atom stereocenters. The zero-order chi connectivity index (χ0) is 13.0. The number of aromatic nitrogens is 1. The van der Waals surface area contributed by atoms with E-state index in [1.807, 2.05) is 24.4 Å². The van der Waals surface area contributed by atoms with Crippen LogP contribution in [0.25, 0.3) is 10.9 Å². The van der Waals surface area contributed by atoms with E-state index in [-0.39, 0.29) is 5.78 Å². The van der Waals surface area contributed by atoms with E-state index in [9.17, 15) is 4.79 Å². The van der Waals surface area contributed by atoms with E-state index in [2.05, 4.69) is 27.8 Å². The van der Waals surface area contributed by atoms with Gasteiger partial charge < -0.3 is 4.98 Å². The SMILES string of the molecule is CCCCCCC(=O)c1c[nH]c2cccc(Br)c12. The lowest BCUT2D eigenvalue weighted by Gasteiger charge is -2.01. The third kappa shape index (κ3) is 2.83. The van der Waals surface area contributed by atoms with Gasteiger partial charge in [-0.2, -0.15) is 0 Å². The molecule has 0 aliphatic carbocycles. The smallest absolute Gasteiger partial charge is 0.165 e. The normalized spacial score (nSPS) is 11.0. The summed E-state index contributed by atoms with van der Waals surface area (Å²) < 4.78 is 0.984. The molecule has 2 rings (SSSR count). The van der Waals surface area contributed by atoms with E-state index >= 15 is 0 Å². The zero-order valence-electron chi connectivity index (χ0n) is 10.6. The minimum Gasteiger partial charge on any atom is -0.360 e. The molecule has 0 saturated carbocycles. The Hall–Kier alpha value is -1.09. The highest BCUT2D eigenvalue weighted by atomic mass is 79.9. The molecule has 18 heavy (non-hydrogen) atoms. The first-order chi connectivity index (χ1) is 8.74. The number of unbranched alkanes of at least 4 members (excludes halogenated alkanes) is 3. The maximum atomic E-state index is 12.2. The molecule has 0 fully saturated rings. The third-order valence-corrected chi connectivity index (χ3v) is 3.87. The second-order valence-corrected chi connectivity index (χ2v) is 5.45. The zero-order valence-corrected chi connectivity index (χ0v) is 12.2. The van der Waals surface area contributed by atoms with Crippen molar-refractivity contribution >= 4 is 32.6 Å². The monoisotopic (exact) mass is 307 g/mol. The van der Waals surface area contributed by atoms with Crippen LogP contribution in [0.15, 0.2) is 28.9 Å². The van der Waals surface area contributed by atoms with Crippen LogP contribution in [0, 0.1) is 0 Å². The first-order valence-corrected chi connectivity index (χ1v) is 7.32. The maximum Gasteiger partial charge on any atom is 0.165 e. The summed E-state index contributed by atoms with van der Waals surface area (Å²) in [5, 5.41) is 1.01. The Morgan fingerprint density at radius 2 is 2.11 bits per heavy atom. The summed E-state index contributed by atoms with van der Waals surface area (Å²) in [6, 6.07) is 5.94. The molecule has 2 aromatic rings. The predicted octanol–water partition coefficient (Wildman–Crippen LogP) is 5.08. The van der Waals surface area contributed by atoms with Gasteiger partial charge in [0.2, 0.25) is 0 Å². The number of fused-ring (bicyclic) bond motifs is 1. The van der Waals surface area contributed by atoms with Gasteiger partial charge in [0.05, 0.1) is 0 Å². The van der Waals surface area contributed by atoms with Crippen LogP contribution < -0.4 is 0 Å². The summed E-state index contributed by atoms with van der Waals surface area (Å²) >= 11 is 3.52. The predicted molar refractivity (Wildman–Crippen MR) is 79.1 cm³/mol. The van der Waals surface area contributed by atoms with Gasteiger partial charge in [-0.1, -0.05) is 48.2 Å². The topological polar surface area (TPSA) is 32.9 Å². The summed E-state index contributed by atoms with van der Waals surface area (Å²) in [4.78, 5) is 15.4. The summed E-state index contributed by atoms with van der Waals surface area (Å²) in [6.07, 6.45) is 7.03. The van der Waals surface area contributed by atoms with E-state index in [0.29, 0.717) is 6.42 Å². The second-order valence-electron chi connectivity index (χ2n) is 4.60. The number of Topliss-reactive ketones (excluding diaryl/α,β-unsaturated/α-hetero) is 1. The number of halogens is 1. The van der Waals surface area contributed by atoms with Gasteiger partial charge >= 0.3 is 0 Å². The Kier molecular flexibility index (Phi) is 4.59. The van der Waals surface area contributed by atoms with E-state index in [4.69, 9.17) is 0 Å². The van der Waals surface area contributed by atoms with Crippen molar-refractivity contribution < 1.29 is 4.79 Å². The molecule has 1 aromatic carbocycles. The van der Waals surface area contributed by atoms with Crippen LogP contribution in [0.2, 0.25) is 0 Å². The average Bonchev–Trinajstić information content (AvgIpc) is 2.80. The molecule has 0 bridgehead atoms. The second kappa shape index (κ2) is 6.19. The first-order valence-electron chi connectivity index (χ1n) is 6.53. The molecule has 0 spiro atoms. The van der Waals surface area contributed by atoms with Gasteiger partial charge in [-0.15, -0.1) is 0 Å². The highest BCUT2D eigenvalue weighted by molar-refractivity contribution is 9.10. The lowest BCUT2D eigenvalue weighted by molar-refractivity contribution is 0.0980. The lowest BCUT2D eigenvalue weighted by atomic mass is 10.0. The fourth-order valence-corrected chi connectivity index (χ4v) is 2.79. The summed E-state index contributed by atoms with van der Waals surface area (Å²) in [6.45, 7) is 2.18. The Balaban J connectivity index is 2.13. The van der Waals surface area contributed by atoms with Crippen molar-refractivity contribution in [3.8, 4) is 0 Å². The largest absolute Gasteiger partial charge is 0.360 e. The average molecular weight is 308 g/mol. The number of carbonyl (C=O) groups is 1. The molecule has 1 N–H and O–H groups in total. The van der Waals surface area contributed by atoms with Crippen molar-refractivity contribution in [1.29, 1.82) is 0 Å². The maximum absolute atomic E-state index is 12.2. The first kappa shape index (κ1) is 13.3. The number of nitrogens with one attached hydrogen (secondary N) is 1. The van der Waals surface area contributed by atoms with Crippen molar-refractivity contribution in [1.82, 2.24) is 4.98 Å². The van der Waals surface area contributed by atoms with Gasteiger partial charge in [0.15, 0.2) is 5.78 Å². The molecule has 1 heterocycles. The van der Waals surface area contributed by atoms with E-state index in [0.717, 1.165) is 33.8 Å². The van der Waals surface area contributed by atoms with Crippen molar-refractivity contribution in [2.75, 3.05) is 0 Å². The van der Waals surface area contributed by atoms with Crippen LogP contribution in [0.1, 0.15) is 49.4 Å². The van der Waals surface area contributed by atoms with Crippen LogP contribution in [0.3, 0.4) is 0 Å². The van der Waals surface area contributed by atoms with Gasteiger partial charge in [0, 0.05) is 33.6 Å². The van der Waals surface area contributed by atoms with Crippen LogP contribution in [0.4, 0.5) is 0 Å². The molecule has 0 saturated heterocycles. The minimum absolute atomic E-state index is 0.240. The summed E-state index contributed by atoms with van der Waals surface area (Å²) in [5.41, 5.74) is 1.83. The van der Waals surface area contributed by atoms with E-state index < -0.39 is 0 Å². The fraction of sp³-hybridized carbons (Fsp3) is 0.400. The molecule has 0 aliphatic rings. The Morgan fingerprint density at radius 3 is 2.89 bits per heavy atom. The highest BCUT2D eigenvalue weighted by Gasteiger charge is 2.13. The van der Waals surface area contributed by atoms with Crippen molar-refractivity contribution in [3.05, 3.63) is 34.4 Å². The van der Waals surface area contributed by atoms with Gasteiger partial charge in [-0.25, -0.2) is 0 Å². The number of carbonyl (C=O) groups excluding carboxylic acids is 1. The van der Waals surface area contributed by atoms with Gasteiger partial charge in [0.1, 0.15) is 0 Å². The van der Waals surface area contributed by atoms with Crippen LogP contribution in [-0.2, 0) is 0 Å². The molecular formula is C15H18BrNO. The molecule has 2 nitrogen and oxygen atoms in total. The number of rotatable bonds is 6. The summed E-state index contributed by atoms with van der Waals surface area (Å²) in [5.74, 6) is 0.240. The Morgan fingerprint density at radius 1 is 1.28 bits per heavy atom. The molecule has 0 aliphatic heterocycles. The van der Waals surface area contributed by atoms with Gasteiger partial charge in [0.25, 0.3) is 0 Å². The molecule has 0 radical (unpaired) electrons. The quantitative estimate of drug-likeness (QED) is 0.585. The molecular weight excluding hydrogens is 290 g/mol.